The van der Waals surface area contributed by atoms with E-state index < -0.39 is 0 Å². The minimum Gasteiger partial charge on any atom is -0.508 e. The maximum Gasteiger partial charge on any atom is 0.121 e. The monoisotopic (exact) mass is 269 g/mol. The van der Waals surface area contributed by atoms with Gasteiger partial charge in [0.2, 0.25) is 0 Å². The molecule has 1 atom stereocenters. The van der Waals surface area contributed by atoms with Crippen LogP contribution in [0.4, 0.5) is 0 Å². The number of ether oxygens (including phenoxy) is 1. The van der Waals surface area contributed by atoms with Gasteiger partial charge in [-0.1, -0.05) is 13.5 Å². The van der Waals surface area contributed by atoms with Crippen LogP contribution < -0.4 is 5.32 Å². The van der Waals surface area contributed by atoms with Crippen molar-refractivity contribution in [1.29, 1.82) is 0 Å². The van der Waals surface area contributed by atoms with Crippen LogP contribution in [0.3, 0.4) is 0 Å². The second-order valence-electron chi connectivity index (χ2n) is 5.40. The number of nitrogens with one attached hydrogen (secondary N) is 1. The lowest BCUT2D eigenvalue weighted by atomic mass is 10.0. The highest BCUT2D eigenvalue weighted by Gasteiger charge is 2.16. The molecule has 4 nitrogen and oxygen atoms in total. The molecule has 3 N–H and O–H groups in total. The van der Waals surface area contributed by atoms with Crippen LogP contribution in [0.15, 0.2) is 18.2 Å². The van der Waals surface area contributed by atoms with Gasteiger partial charge in [0.1, 0.15) is 5.75 Å². The van der Waals surface area contributed by atoms with Crippen molar-refractivity contribution in [1.82, 2.24) is 5.32 Å². The fourth-order valence-electron chi connectivity index (χ4n) is 1.67. The van der Waals surface area contributed by atoms with Gasteiger partial charge >= 0.3 is 0 Å². The molecule has 0 radical (unpaired) electrons. The number of rotatable bonds is 5. The van der Waals surface area contributed by atoms with Crippen molar-refractivity contribution in [3.05, 3.63) is 29.3 Å². The molecule has 0 aromatic heterocycles. The Balaban J connectivity index is 0.00000324. The first kappa shape index (κ1) is 17.9. The molecule has 4 heteroatoms. The van der Waals surface area contributed by atoms with Gasteiger partial charge < -0.3 is 20.3 Å². The van der Waals surface area contributed by atoms with Crippen molar-refractivity contribution in [2.45, 2.75) is 46.4 Å². The van der Waals surface area contributed by atoms with E-state index in [1.807, 2.05) is 6.07 Å². The van der Waals surface area contributed by atoms with Crippen molar-refractivity contribution in [3.8, 4) is 5.75 Å². The van der Waals surface area contributed by atoms with E-state index >= 15 is 0 Å². The van der Waals surface area contributed by atoms with Crippen LogP contribution in [0.2, 0.25) is 0 Å². The highest BCUT2D eigenvalue weighted by Crippen LogP contribution is 2.24. The van der Waals surface area contributed by atoms with Gasteiger partial charge in [-0.3, -0.25) is 0 Å². The van der Waals surface area contributed by atoms with Gasteiger partial charge in [0.05, 0.1) is 12.7 Å². The van der Waals surface area contributed by atoms with Gasteiger partial charge in [0.25, 0.3) is 0 Å². The number of hydrogen-bond acceptors (Lipinski definition) is 4. The van der Waals surface area contributed by atoms with Crippen LogP contribution in [0.5, 0.6) is 5.75 Å². The summed E-state index contributed by atoms with van der Waals surface area (Å²) in [6.45, 7) is 6.78. The van der Waals surface area contributed by atoms with E-state index in [1.165, 1.54) is 0 Å². The molecule has 1 rings (SSSR count). The topological polar surface area (TPSA) is 61.7 Å². The first-order chi connectivity index (χ1) is 8.37. The van der Waals surface area contributed by atoms with E-state index in [2.05, 4.69) is 26.1 Å². The number of hydrogen-bond donors (Lipinski definition) is 3. The maximum atomic E-state index is 9.53. The predicted molar refractivity (Wildman–Crippen MR) is 78.3 cm³/mol. The Hall–Kier alpha value is -1.10. The average molecular weight is 269 g/mol. The van der Waals surface area contributed by atoms with Gasteiger partial charge in [0.15, 0.2) is 0 Å². The Bertz CT molecular complexity index is 385. The predicted octanol–water partition coefficient (Wildman–Crippen LogP) is 2.60. The summed E-state index contributed by atoms with van der Waals surface area (Å²) in [4.78, 5) is 0. The summed E-state index contributed by atoms with van der Waals surface area (Å²) in [5, 5.41) is 22.0. The third-order valence-corrected chi connectivity index (χ3v) is 2.75. The number of aliphatic hydroxyl groups excluding tert-OH is 1. The molecule has 0 heterocycles. The van der Waals surface area contributed by atoms with Crippen LogP contribution in [0.1, 0.15) is 45.4 Å². The molecule has 0 aliphatic rings. The lowest BCUT2D eigenvalue weighted by Crippen LogP contribution is -2.38. The fourth-order valence-corrected chi connectivity index (χ4v) is 1.67. The average Bonchev–Trinajstić information content (AvgIpc) is 2.30. The van der Waals surface area contributed by atoms with E-state index in [0.717, 1.165) is 5.56 Å². The SMILES string of the molecule is C.COC(CNC(C)(C)C)c1ccc(O)c(CO)c1. The largest absolute Gasteiger partial charge is 0.508 e. The third kappa shape index (κ3) is 5.59. The van der Waals surface area contributed by atoms with Gasteiger partial charge in [-0.2, -0.15) is 0 Å². The summed E-state index contributed by atoms with van der Waals surface area (Å²) < 4.78 is 5.45. The first-order valence-electron chi connectivity index (χ1n) is 6.08. The summed E-state index contributed by atoms with van der Waals surface area (Å²) in [5.41, 5.74) is 1.48. The molecule has 0 fully saturated rings. The van der Waals surface area contributed by atoms with Crippen molar-refractivity contribution < 1.29 is 14.9 Å². The molecule has 19 heavy (non-hydrogen) atoms. The highest BCUT2D eigenvalue weighted by molar-refractivity contribution is 5.36. The second-order valence-corrected chi connectivity index (χ2v) is 5.40. The van der Waals surface area contributed by atoms with Crippen LogP contribution in [-0.2, 0) is 11.3 Å². The molecule has 1 unspecified atom stereocenters. The summed E-state index contributed by atoms with van der Waals surface area (Å²) >= 11 is 0. The Labute approximate surface area is 116 Å². The fraction of sp³-hybridized carbons (Fsp3) is 0.600. The molecule has 0 amide bonds. The molecule has 0 saturated heterocycles. The van der Waals surface area contributed by atoms with E-state index in [0.29, 0.717) is 12.1 Å². The molecular weight excluding hydrogens is 242 g/mol. The summed E-state index contributed by atoms with van der Waals surface area (Å²) in [5.74, 6) is 0.111. The van der Waals surface area contributed by atoms with E-state index in [-0.39, 0.29) is 31.4 Å². The zero-order valence-corrected chi connectivity index (χ0v) is 11.5. The van der Waals surface area contributed by atoms with E-state index in [9.17, 15) is 5.11 Å². The maximum absolute atomic E-state index is 9.53. The Morgan fingerprint density at radius 3 is 2.42 bits per heavy atom. The second kappa shape index (κ2) is 7.48. The van der Waals surface area contributed by atoms with Crippen molar-refractivity contribution in [2.24, 2.45) is 0 Å². The zero-order chi connectivity index (χ0) is 13.8. The number of benzene rings is 1. The standard InChI is InChI=1S/C14H23NO3.CH4/c1-14(2,3)15-8-13(18-4)10-5-6-12(17)11(7-10)9-16;/h5-7,13,15-17H,8-9H2,1-4H3;1H4. The summed E-state index contributed by atoms with van der Waals surface area (Å²) in [6.07, 6.45) is -0.102. The van der Waals surface area contributed by atoms with Gasteiger partial charge in [-0.05, 0) is 38.5 Å². The molecule has 1 aromatic carbocycles. The molecule has 0 saturated carbocycles. The molecule has 0 aliphatic heterocycles. The minimum atomic E-state index is -0.178. The van der Waals surface area contributed by atoms with Crippen LogP contribution in [-0.4, -0.2) is 29.4 Å². The highest BCUT2D eigenvalue weighted by atomic mass is 16.5. The molecule has 0 bridgehead atoms. The molecule has 0 spiro atoms. The summed E-state index contributed by atoms with van der Waals surface area (Å²) in [6, 6.07) is 5.17. The van der Waals surface area contributed by atoms with Crippen molar-refractivity contribution >= 4 is 0 Å². The molecular formula is C15H27NO3. The van der Waals surface area contributed by atoms with Crippen LogP contribution in [0, 0.1) is 0 Å². The molecule has 110 valence electrons. The van der Waals surface area contributed by atoms with Gasteiger partial charge in [-0.25, -0.2) is 0 Å². The lowest BCUT2D eigenvalue weighted by molar-refractivity contribution is 0.0957. The number of methoxy groups -OCH3 is 1. The molecule has 0 aliphatic carbocycles. The quantitative estimate of drug-likeness (QED) is 0.769. The first-order valence-corrected chi connectivity index (χ1v) is 6.08. The minimum absolute atomic E-state index is 0. The van der Waals surface area contributed by atoms with Gasteiger partial charge in [0, 0.05) is 24.8 Å². The van der Waals surface area contributed by atoms with Crippen molar-refractivity contribution in [2.75, 3.05) is 13.7 Å². The van der Waals surface area contributed by atoms with Crippen LogP contribution in [0.25, 0.3) is 0 Å². The number of aliphatic hydroxyl groups is 1. The van der Waals surface area contributed by atoms with E-state index in [4.69, 9.17) is 9.84 Å². The Kier molecular flexibility index (Phi) is 7.05. The van der Waals surface area contributed by atoms with Crippen molar-refractivity contribution in [3.63, 3.8) is 0 Å². The Morgan fingerprint density at radius 2 is 1.95 bits per heavy atom. The van der Waals surface area contributed by atoms with Crippen LogP contribution >= 0.6 is 0 Å². The number of phenols is 1. The van der Waals surface area contributed by atoms with Gasteiger partial charge in [-0.15, -0.1) is 0 Å². The third-order valence-electron chi connectivity index (χ3n) is 2.75. The molecule has 1 aromatic rings. The summed E-state index contributed by atoms with van der Waals surface area (Å²) in [7, 11) is 1.65. The smallest absolute Gasteiger partial charge is 0.121 e. The van der Waals surface area contributed by atoms with E-state index in [1.54, 1.807) is 19.2 Å². The number of aromatic hydroxyl groups is 1. The Morgan fingerprint density at radius 1 is 1.32 bits per heavy atom. The zero-order valence-electron chi connectivity index (χ0n) is 11.5. The normalized spacial score (nSPS) is 12.9. The lowest BCUT2D eigenvalue weighted by Gasteiger charge is -2.25.